The van der Waals surface area contributed by atoms with Gasteiger partial charge in [0.05, 0.1) is 23.8 Å². The molecular formula is C29H44N4O4S. The molecule has 1 aliphatic heterocycles. The van der Waals surface area contributed by atoms with E-state index in [9.17, 15) is 9.90 Å². The average molecular weight is 545 g/mol. The number of pyridine rings is 1. The molecule has 2 fully saturated rings. The Morgan fingerprint density at radius 2 is 1.92 bits per heavy atom. The zero-order valence-electron chi connectivity index (χ0n) is 23.8. The van der Waals surface area contributed by atoms with Crippen LogP contribution < -0.4 is 15.0 Å². The number of carbonyl (C=O) groups is 1. The minimum absolute atomic E-state index is 0.399. The van der Waals surface area contributed by atoms with E-state index in [1.807, 2.05) is 13.8 Å². The number of rotatable bonds is 12. The van der Waals surface area contributed by atoms with Gasteiger partial charge in [0.15, 0.2) is 0 Å². The third-order valence-electron chi connectivity index (χ3n) is 8.30. The quantitative estimate of drug-likeness (QED) is 0.376. The van der Waals surface area contributed by atoms with Gasteiger partial charge in [0.1, 0.15) is 0 Å². The van der Waals surface area contributed by atoms with E-state index in [0.717, 1.165) is 64.7 Å². The molecule has 9 heteroatoms. The fraction of sp³-hybridized carbons (Fsp3) is 0.655. The molecule has 0 atom stereocenters. The summed E-state index contributed by atoms with van der Waals surface area (Å²) in [4.78, 5) is 22.8. The highest BCUT2D eigenvalue weighted by atomic mass is 32.1. The van der Waals surface area contributed by atoms with Crippen LogP contribution in [0.1, 0.15) is 70.2 Å². The van der Waals surface area contributed by atoms with Crippen LogP contribution in [-0.4, -0.2) is 79.5 Å². The maximum Gasteiger partial charge on any atom is 0.337 e. The average Bonchev–Trinajstić information content (AvgIpc) is 3.19. The van der Waals surface area contributed by atoms with Gasteiger partial charge in [0.25, 0.3) is 0 Å². The number of nitrogens with zero attached hydrogens (tertiary/aromatic N) is 3. The minimum atomic E-state index is -0.828. The van der Waals surface area contributed by atoms with Crippen LogP contribution in [0, 0.1) is 20.8 Å². The normalized spacial score (nSPS) is 20.4. The molecule has 2 aliphatic rings. The Balaban J connectivity index is 1.40. The van der Waals surface area contributed by atoms with E-state index in [1.165, 1.54) is 12.8 Å². The summed E-state index contributed by atoms with van der Waals surface area (Å²) in [6.45, 7) is 12.5. The van der Waals surface area contributed by atoms with E-state index in [0.29, 0.717) is 49.1 Å². The highest BCUT2D eigenvalue weighted by molar-refractivity contribution is 7.16. The lowest BCUT2D eigenvalue weighted by atomic mass is 9.87. The van der Waals surface area contributed by atoms with Crippen molar-refractivity contribution in [3.8, 4) is 5.88 Å². The number of carboxylic acid groups (broad SMARTS) is 1. The van der Waals surface area contributed by atoms with Crippen molar-refractivity contribution < 1.29 is 19.4 Å². The monoisotopic (exact) mass is 544 g/mol. The molecule has 0 unspecified atom stereocenters. The van der Waals surface area contributed by atoms with Gasteiger partial charge in [-0.25, -0.2) is 9.78 Å². The Labute approximate surface area is 231 Å². The standard InChI is InChI=1S/C29H44N4O4S/c1-7-33(22-10-8-21(9-11-22)32-16-23(17-32)36-5)28-20(4)26(29(34)35)25(38-28)12-13-30-15-24-18(2)14-19(3)31-27(24)37-6/h14,21-23,30H,7-13,15-17H2,1-6H3,(H,34,35). The lowest BCUT2D eigenvalue weighted by molar-refractivity contribution is -0.0578. The van der Waals surface area contributed by atoms with Crippen LogP contribution in [-0.2, 0) is 17.7 Å². The summed E-state index contributed by atoms with van der Waals surface area (Å²) in [5.74, 6) is -0.179. The summed E-state index contributed by atoms with van der Waals surface area (Å²) in [5, 5.41) is 14.7. The molecule has 2 aromatic heterocycles. The number of methoxy groups -OCH3 is 2. The van der Waals surface area contributed by atoms with Gasteiger partial charge >= 0.3 is 5.97 Å². The van der Waals surface area contributed by atoms with Gasteiger partial charge in [0.2, 0.25) is 5.88 Å². The van der Waals surface area contributed by atoms with Crippen molar-refractivity contribution in [1.29, 1.82) is 0 Å². The Morgan fingerprint density at radius 3 is 2.53 bits per heavy atom. The third-order valence-corrected chi connectivity index (χ3v) is 9.69. The van der Waals surface area contributed by atoms with Crippen LogP contribution in [0.25, 0.3) is 0 Å². The maximum absolute atomic E-state index is 12.3. The van der Waals surface area contributed by atoms with Gasteiger partial charge in [0, 0.05) is 68.1 Å². The topological polar surface area (TPSA) is 87.2 Å². The number of anilines is 1. The van der Waals surface area contributed by atoms with Crippen molar-refractivity contribution in [2.24, 2.45) is 0 Å². The molecule has 4 rings (SSSR count). The van der Waals surface area contributed by atoms with Crippen LogP contribution in [0.4, 0.5) is 5.00 Å². The number of nitrogens with one attached hydrogen (secondary N) is 1. The Kier molecular flexibility index (Phi) is 9.68. The molecule has 2 N–H and O–H groups in total. The number of aryl methyl sites for hydroxylation is 2. The number of aromatic carboxylic acids is 1. The second-order valence-electron chi connectivity index (χ2n) is 10.7. The molecule has 0 bridgehead atoms. The van der Waals surface area contributed by atoms with Gasteiger partial charge < -0.3 is 24.8 Å². The SMILES string of the molecule is CCN(c1sc(CCNCc2c(C)cc(C)nc2OC)c(C(=O)O)c1C)C1CCC(N2CC(OC)C2)CC1. The largest absolute Gasteiger partial charge is 0.481 e. The number of hydrogen-bond acceptors (Lipinski definition) is 8. The van der Waals surface area contributed by atoms with Crippen molar-refractivity contribution in [2.75, 3.05) is 45.3 Å². The van der Waals surface area contributed by atoms with Crippen molar-refractivity contribution >= 4 is 22.3 Å². The second kappa shape index (κ2) is 12.8. The van der Waals surface area contributed by atoms with E-state index < -0.39 is 5.97 Å². The van der Waals surface area contributed by atoms with Crippen LogP contribution in [0.2, 0.25) is 0 Å². The zero-order valence-corrected chi connectivity index (χ0v) is 24.6. The molecule has 3 heterocycles. The molecule has 1 saturated carbocycles. The summed E-state index contributed by atoms with van der Waals surface area (Å²) in [6, 6.07) is 3.18. The van der Waals surface area contributed by atoms with Crippen LogP contribution in [0.15, 0.2) is 6.07 Å². The molecule has 210 valence electrons. The number of thiophene rings is 1. The summed E-state index contributed by atoms with van der Waals surface area (Å²) < 4.78 is 10.9. The van der Waals surface area contributed by atoms with E-state index in [-0.39, 0.29) is 0 Å². The molecule has 0 spiro atoms. The first-order valence-corrected chi connectivity index (χ1v) is 14.7. The first-order chi connectivity index (χ1) is 18.3. The highest BCUT2D eigenvalue weighted by Crippen LogP contribution is 2.40. The van der Waals surface area contributed by atoms with Gasteiger partial charge in [-0.15, -0.1) is 11.3 Å². The molecule has 2 aromatic rings. The van der Waals surface area contributed by atoms with Gasteiger partial charge in [-0.2, -0.15) is 0 Å². The number of hydrogen-bond donors (Lipinski definition) is 2. The first-order valence-electron chi connectivity index (χ1n) is 13.9. The molecule has 1 saturated heterocycles. The predicted octanol–water partition coefficient (Wildman–Crippen LogP) is 4.58. The summed E-state index contributed by atoms with van der Waals surface area (Å²) >= 11 is 1.67. The highest BCUT2D eigenvalue weighted by Gasteiger charge is 2.36. The van der Waals surface area contributed by atoms with Crippen LogP contribution >= 0.6 is 11.3 Å². The fourth-order valence-corrected chi connectivity index (χ4v) is 7.57. The van der Waals surface area contributed by atoms with Crippen molar-refractivity contribution in [3.05, 3.63) is 38.9 Å². The molecule has 1 aliphatic carbocycles. The number of aromatic nitrogens is 1. The van der Waals surface area contributed by atoms with Crippen molar-refractivity contribution in [3.63, 3.8) is 0 Å². The molecule has 0 radical (unpaired) electrons. The summed E-state index contributed by atoms with van der Waals surface area (Å²) in [6.07, 6.45) is 5.76. The van der Waals surface area contributed by atoms with Gasteiger partial charge in [-0.05, 0) is 77.0 Å². The first kappa shape index (κ1) is 28.8. The van der Waals surface area contributed by atoms with E-state index in [1.54, 1.807) is 25.6 Å². The third kappa shape index (κ3) is 6.17. The Morgan fingerprint density at radius 1 is 1.21 bits per heavy atom. The molecule has 38 heavy (non-hydrogen) atoms. The van der Waals surface area contributed by atoms with Gasteiger partial charge in [-0.1, -0.05) is 0 Å². The predicted molar refractivity (Wildman–Crippen MR) is 153 cm³/mol. The molecular weight excluding hydrogens is 500 g/mol. The Hall–Kier alpha value is -2.20. The van der Waals surface area contributed by atoms with E-state index >= 15 is 0 Å². The number of carboxylic acids is 1. The molecule has 8 nitrogen and oxygen atoms in total. The second-order valence-corrected chi connectivity index (χ2v) is 11.8. The Bertz CT molecular complexity index is 1110. The van der Waals surface area contributed by atoms with Crippen LogP contribution in [0.5, 0.6) is 5.88 Å². The summed E-state index contributed by atoms with van der Waals surface area (Å²) in [7, 11) is 3.45. The number of ether oxygens (including phenoxy) is 2. The lowest BCUT2D eigenvalue weighted by Crippen LogP contribution is -2.57. The lowest BCUT2D eigenvalue weighted by Gasteiger charge is -2.47. The molecule has 0 amide bonds. The minimum Gasteiger partial charge on any atom is -0.481 e. The number of likely N-dealkylation sites (tertiary alicyclic amines) is 1. The van der Waals surface area contributed by atoms with Crippen molar-refractivity contribution in [1.82, 2.24) is 15.2 Å². The van der Waals surface area contributed by atoms with E-state index in [2.05, 4.69) is 40.0 Å². The zero-order chi connectivity index (χ0) is 27.4. The van der Waals surface area contributed by atoms with Gasteiger partial charge in [-0.3, -0.25) is 4.90 Å². The smallest absolute Gasteiger partial charge is 0.337 e. The van der Waals surface area contributed by atoms with Crippen molar-refractivity contribution in [2.45, 2.75) is 84.5 Å². The van der Waals surface area contributed by atoms with Crippen LogP contribution in [0.3, 0.4) is 0 Å². The summed E-state index contributed by atoms with van der Waals surface area (Å²) in [5.41, 5.74) is 4.51. The maximum atomic E-state index is 12.3. The van der Waals surface area contributed by atoms with E-state index in [4.69, 9.17) is 9.47 Å². The fourth-order valence-electron chi connectivity index (χ4n) is 6.14. The molecule has 0 aromatic carbocycles.